The summed E-state index contributed by atoms with van der Waals surface area (Å²) < 4.78 is 5.19. The average Bonchev–Trinajstić information content (AvgIpc) is 2.57. The minimum atomic E-state index is -1.20. The Morgan fingerprint density at radius 3 is 2.10 bits per heavy atom. The first-order chi connectivity index (χ1) is 13.3. The van der Waals surface area contributed by atoms with Gasteiger partial charge in [-0.05, 0) is 52.2 Å². The summed E-state index contributed by atoms with van der Waals surface area (Å²) in [5.74, 6) is -2.18. The Balaban J connectivity index is 2.74. The SMILES string of the molecule is Cc1ccccc1C(=O)N[C@H](C(=O)O[C@H](C)C(=O)NC(=O)NC(C)(C)C)C(C)C. The van der Waals surface area contributed by atoms with Crippen molar-refractivity contribution < 1.29 is 23.9 Å². The first kappa shape index (κ1) is 24.1. The maximum atomic E-state index is 12.5. The smallest absolute Gasteiger partial charge is 0.329 e. The topological polar surface area (TPSA) is 114 Å². The number of ether oxygens (including phenoxy) is 1. The summed E-state index contributed by atoms with van der Waals surface area (Å²) in [7, 11) is 0. The summed E-state index contributed by atoms with van der Waals surface area (Å²) >= 11 is 0. The van der Waals surface area contributed by atoms with Crippen LogP contribution in [0.3, 0.4) is 0 Å². The van der Waals surface area contributed by atoms with Gasteiger partial charge in [0.25, 0.3) is 11.8 Å². The van der Waals surface area contributed by atoms with E-state index in [0.717, 1.165) is 5.56 Å². The summed E-state index contributed by atoms with van der Waals surface area (Å²) in [5, 5.41) is 7.38. The fraction of sp³-hybridized carbons (Fsp3) is 0.524. The van der Waals surface area contributed by atoms with Crippen molar-refractivity contribution in [2.75, 3.05) is 0 Å². The van der Waals surface area contributed by atoms with Crippen molar-refractivity contribution in [3.63, 3.8) is 0 Å². The molecule has 1 aromatic rings. The minimum Gasteiger partial charge on any atom is -0.451 e. The van der Waals surface area contributed by atoms with E-state index >= 15 is 0 Å². The van der Waals surface area contributed by atoms with Crippen molar-refractivity contribution in [3.05, 3.63) is 35.4 Å². The van der Waals surface area contributed by atoms with Gasteiger partial charge in [-0.1, -0.05) is 32.0 Å². The zero-order valence-corrected chi connectivity index (χ0v) is 18.1. The normalized spacial score (nSPS) is 13.2. The highest BCUT2D eigenvalue weighted by Gasteiger charge is 2.30. The summed E-state index contributed by atoms with van der Waals surface area (Å²) in [6.07, 6.45) is -1.20. The molecule has 1 aromatic carbocycles. The molecule has 0 radical (unpaired) electrons. The molecular weight excluding hydrogens is 374 g/mol. The van der Waals surface area contributed by atoms with Crippen molar-refractivity contribution in [2.24, 2.45) is 5.92 Å². The van der Waals surface area contributed by atoms with E-state index in [2.05, 4.69) is 16.0 Å². The van der Waals surface area contributed by atoms with E-state index in [4.69, 9.17) is 4.74 Å². The van der Waals surface area contributed by atoms with Crippen LogP contribution >= 0.6 is 0 Å². The molecule has 160 valence electrons. The van der Waals surface area contributed by atoms with Gasteiger partial charge in [-0.2, -0.15) is 0 Å². The van der Waals surface area contributed by atoms with Gasteiger partial charge in [0, 0.05) is 11.1 Å². The lowest BCUT2D eigenvalue weighted by atomic mass is 10.0. The third kappa shape index (κ3) is 7.93. The maximum Gasteiger partial charge on any atom is 0.329 e. The van der Waals surface area contributed by atoms with Gasteiger partial charge in [-0.15, -0.1) is 0 Å². The van der Waals surface area contributed by atoms with E-state index in [9.17, 15) is 19.2 Å². The van der Waals surface area contributed by atoms with Crippen LogP contribution in [0.5, 0.6) is 0 Å². The van der Waals surface area contributed by atoms with Gasteiger partial charge in [0.1, 0.15) is 6.04 Å². The monoisotopic (exact) mass is 405 g/mol. The maximum absolute atomic E-state index is 12.5. The molecule has 0 spiro atoms. The highest BCUT2D eigenvalue weighted by Crippen LogP contribution is 2.11. The summed E-state index contributed by atoms with van der Waals surface area (Å²) in [6, 6.07) is 5.39. The van der Waals surface area contributed by atoms with Crippen LogP contribution in [0.1, 0.15) is 57.5 Å². The van der Waals surface area contributed by atoms with E-state index in [-0.39, 0.29) is 5.92 Å². The van der Waals surface area contributed by atoms with Crippen LogP contribution in [0.25, 0.3) is 0 Å². The number of hydrogen-bond donors (Lipinski definition) is 3. The number of esters is 1. The van der Waals surface area contributed by atoms with Crippen molar-refractivity contribution in [3.8, 4) is 0 Å². The highest BCUT2D eigenvalue weighted by molar-refractivity contribution is 5.99. The number of amides is 4. The van der Waals surface area contributed by atoms with E-state index in [0.29, 0.717) is 5.56 Å². The molecule has 0 aliphatic rings. The van der Waals surface area contributed by atoms with Gasteiger partial charge in [-0.25, -0.2) is 9.59 Å². The number of urea groups is 1. The summed E-state index contributed by atoms with van der Waals surface area (Å²) in [5.41, 5.74) is 0.710. The fourth-order valence-electron chi connectivity index (χ4n) is 2.43. The molecule has 0 aliphatic heterocycles. The van der Waals surface area contributed by atoms with Crippen LogP contribution in [-0.4, -0.2) is 41.5 Å². The number of aryl methyl sites for hydroxylation is 1. The first-order valence-electron chi connectivity index (χ1n) is 9.52. The lowest BCUT2D eigenvalue weighted by Gasteiger charge is -2.24. The zero-order chi connectivity index (χ0) is 22.4. The predicted octanol–water partition coefficient (Wildman–Crippen LogP) is 2.31. The summed E-state index contributed by atoms with van der Waals surface area (Å²) in [4.78, 5) is 49.0. The number of imide groups is 1. The fourth-order valence-corrected chi connectivity index (χ4v) is 2.43. The quantitative estimate of drug-likeness (QED) is 0.629. The Bertz CT molecular complexity index is 768. The first-order valence-corrected chi connectivity index (χ1v) is 9.52. The van der Waals surface area contributed by atoms with Gasteiger partial charge in [0.2, 0.25) is 0 Å². The molecule has 0 saturated carbocycles. The highest BCUT2D eigenvalue weighted by atomic mass is 16.5. The molecule has 0 saturated heterocycles. The van der Waals surface area contributed by atoms with Crippen LogP contribution in [0.2, 0.25) is 0 Å². The van der Waals surface area contributed by atoms with Gasteiger partial charge in [-0.3, -0.25) is 14.9 Å². The Morgan fingerprint density at radius 1 is 1.00 bits per heavy atom. The molecule has 8 nitrogen and oxygen atoms in total. The molecule has 8 heteroatoms. The Morgan fingerprint density at radius 2 is 1.59 bits per heavy atom. The molecule has 0 heterocycles. The average molecular weight is 405 g/mol. The van der Waals surface area contributed by atoms with Crippen LogP contribution < -0.4 is 16.0 Å². The molecule has 0 bridgehead atoms. The van der Waals surface area contributed by atoms with Crippen molar-refractivity contribution in [1.82, 2.24) is 16.0 Å². The van der Waals surface area contributed by atoms with Crippen molar-refractivity contribution in [1.29, 1.82) is 0 Å². The summed E-state index contributed by atoms with van der Waals surface area (Å²) in [6.45, 7) is 12.0. The Labute approximate surface area is 171 Å². The van der Waals surface area contributed by atoms with E-state index in [1.54, 1.807) is 59.7 Å². The number of nitrogens with one attached hydrogen (secondary N) is 3. The number of carbonyl (C=O) groups excluding carboxylic acids is 4. The molecule has 29 heavy (non-hydrogen) atoms. The van der Waals surface area contributed by atoms with Crippen LogP contribution in [0, 0.1) is 12.8 Å². The van der Waals surface area contributed by atoms with Gasteiger partial charge in [0.15, 0.2) is 6.10 Å². The zero-order valence-electron chi connectivity index (χ0n) is 18.1. The van der Waals surface area contributed by atoms with Gasteiger partial charge < -0.3 is 15.4 Å². The second-order valence-electron chi connectivity index (χ2n) is 8.28. The molecule has 3 N–H and O–H groups in total. The molecule has 0 fully saturated rings. The van der Waals surface area contributed by atoms with Crippen LogP contribution in [0.15, 0.2) is 24.3 Å². The molecule has 2 atom stereocenters. The number of benzene rings is 1. The largest absolute Gasteiger partial charge is 0.451 e. The Kier molecular flexibility index (Phi) is 8.36. The molecule has 1 rings (SSSR count). The lowest BCUT2D eigenvalue weighted by Crippen LogP contribution is -2.52. The second-order valence-corrected chi connectivity index (χ2v) is 8.28. The van der Waals surface area contributed by atoms with Gasteiger partial charge in [0.05, 0.1) is 0 Å². The van der Waals surface area contributed by atoms with E-state index in [1.807, 2.05) is 6.07 Å². The molecule has 0 aromatic heterocycles. The Hall–Kier alpha value is -2.90. The van der Waals surface area contributed by atoms with Gasteiger partial charge >= 0.3 is 12.0 Å². The minimum absolute atomic E-state index is 0.269. The molecule has 4 amide bonds. The standard InChI is InChI=1S/C21H31N3O5/c1-12(2)16(22-18(26)15-11-9-8-10-13(15)3)19(27)29-14(4)17(25)23-20(28)24-21(5,6)7/h8-12,14,16H,1-7H3,(H,22,26)(H2,23,24,25,28)/t14-,16+/m1/s1. The third-order valence-electron chi connectivity index (χ3n) is 3.98. The van der Waals surface area contributed by atoms with Crippen molar-refractivity contribution >= 4 is 23.8 Å². The number of hydrogen-bond acceptors (Lipinski definition) is 5. The lowest BCUT2D eigenvalue weighted by molar-refractivity contribution is -0.157. The van der Waals surface area contributed by atoms with E-state index < -0.39 is 41.5 Å². The predicted molar refractivity (Wildman–Crippen MR) is 109 cm³/mol. The molecule has 0 unspecified atom stereocenters. The van der Waals surface area contributed by atoms with E-state index in [1.165, 1.54) is 6.92 Å². The molecular formula is C21H31N3O5. The molecule has 0 aliphatic carbocycles. The third-order valence-corrected chi connectivity index (χ3v) is 3.98. The van der Waals surface area contributed by atoms with Crippen molar-refractivity contribution in [2.45, 2.75) is 66.2 Å². The second kappa shape index (κ2) is 10.0. The van der Waals surface area contributed by atoms with Crippen LogP contribution in [0.4, 0.5) is 4.79 Å². The number of rotatable bonds is 6. The number of carbonyl (C=O) groups is 4. The van der Waals surface area contributed by atoms with Crippen LogP contribution in [-0.2, 0) is 14.3 Å².